The third kappa shape index (κ3) is 5.68. The molecule has 0 saturated heterocycles. The van der Waals surface area contributed by atoms with Crippen molar-refractivity contribution in [2.75, 3.05) is 0 Å². The molecule has 1 aromatic carbocycles. The molecule has 1 aromatic heterocycles. The lowest BCUT2D eigenvalue weighted by molar-refractivity contribution is -0.671. The molecule has 4 heteroatoms. The van der Waals surface area contributed by atoms with Gasteiger partial charge in [0, 0.05) is 5.97 Å². The summed E-state index contributed by atoms with van der Waals surface area (Å²) in [5.74, 6) is -1.08. The molecule has 0 bridgehead atoms. The fourth-order valence-electron chi connectivity index (χ4n) is 1.57. The van der Waals surface area contributed by atoms with Gasteiger partial charge in [0.25, 0.3) is 0 Å². The summed E-state index contributed by atoms with van der Waals surface area (Å²) < 4.78 is 4.20. The van der Waals surface area contributed by atoms with Crippen LogP contribution in [0.4, 0.5) is 0 Å². The molecule has 0 radical (unpaired) electrons. The molecule has 2 aromatic rings. The normalized spacial score (nSPS) is 9.37. The fraction of sp³-hybridized carbons (Fsp3) is 0.200. The van der Waals surface area contributed by atoms with Crippen molar-refractivity contribution in [3.05, 3.63) is 60.7 Å². The minimum atomic E-state index is -1.08. The second-order valence-corrected chi connectivity index (χ2v) is 4.19. The van der Waals surface area contributed by atoms with E-state index in [0.29, 0.717) is 0 Å². The summed E-state index contributed by atoms with van der Waals surface area (Å²) in [6, 6.07) is 8.45. The number of carbonyl (C=O) groups excluding carboxylic acids is 1. The van der Waals surface area contributed by atoms with Crippen molar-refractivity contribution >= 4 is 12.0 Å². The molecule has 0 spiro atoms. The Hall–Kier alpha value is -2.36. The van der Waals surface area contributed by atoms with Gasteiger partial charge in [0.05, 0.1) is 7.05 Å². The van der Waals surface area contributed by atoms with Crippen molar-refractivity contribution in [2.24, 2.45) is 7.05 Å². The second kappa shape index (κ2) is 7.16. The van der Waals surface area contributed by atoms with Gasteiger partial charge in [-0.25, -0.2) is 9.13 Å². The highest BCUT2D eigenvalue weighted by atomic mass is 16.4. The maximum Gasteiger partial charge on any atom is 0.243 e. The lowest BCUT2D eigenvalue weighted by Gasteiger charge is -1.98. The van der Waals surface area contributed by atoms with Crippen LogP contribution in [0, 0.1) is 0 Å². The monoisotopic (exact) mass is 258 g/mol. The Balaban J connectivity index is 0.000000399. The van der Waals surface area contributed by atoms with E-state index in [4.69, 9.17) is 9.90 Å². The molecule has 0 N–H and O–H groups in total. The highest BCUT2D eigenvalue weighted by molar-refractivity contribution is 5.60. The molecule has 1 heterocycles. The lowest BCUT2D eigenvalue weighted by atomic mass is 10.1. The Kier molecular flexibility index (Phi) is 5.54. The maximum absolute atomic E-state index is 8.89. The number of aliphatic carboxylic acids is 1. The number of hydrogen-bond donors (Lipinski definition) is 0. The summed E-state index contributed by atoms with van der Waals surface area (Å²) in [4.78, 5) is 8.89. The Morgan fingerprint density at radius 2 is 2.00 bits per heavy atom. The van der Waals surface area contributed by atoms with Crippen molar-refractivity contribution in [2.45, 2.75) is 13.5 Å². The zero-order valence-electron chi connectivity index (χ0n) is 11.2. The first-order chi connectivity index (χ1) is 9.01. The summed E-state index contributed by atoms with van der Waals surface area (Å²) >= 11 is 0. The molecule has 0 aliphatic rings. The van der Waals surface area contributed by atoms with Gasteiger partial charge in [0.2, 0.25) is 6.33 Å². The van der Waals surface area contributed by atoms with E-state index >= 15 is 0 Å². The average Bonchev–Trinajstić information content (AvgIpc) is 2.75. The number of nitrogens with zero attached hydrogens (tertiary/aromatic N) is 2. The molecule has 0 unspecified atom stereocenters. The Labute approximate surface area is 113 Å². The molecule has 0 amide bonds. The van der Waals surface area contributed by atoms with Crippen LogP contribution in [0.15, 0.2) is 49.6 Å². The van der Waals surface area contributed by atoms with Crippen LogP contribution < -0.4 is 9.67 Å². The van der Waals surface area contributed by atoms with Crippen LogP contribution >= 0.6 is 0 Å². The van der Waals surface area contributed by atoms with Crippen LogP contribution in [-0.2, 0) is 18.4 Å². The first-order valence-electron chi connectivity index (χ1n) is 5.91. The minimum Gasteiger partial charge on any atom is -0.550 e. The second-order valence-electron chi connectivity index (χ2n) is 4.19. The molecule has 100 valence electrons. The number of aryl methyl sites for hydroxylation is 1. The highest BCUT2D eigenvalue weighted by Gasteiger charge is 2.00. The smallest absolute Gasteiger partial charge is 0.243 e. The lowest BCUT2D eigenvalue weighted by Crippen LogP contribution is -2.23. The van der Waals surface area contributed by atoms with Crippen LogP contribution in [0.1, 0.15) is 18.1 Å². The number of carboxylic acid groups (broad SMARTS) is 1. The number of benzene rings is 1. The summed E-state index contributed by atoms with van der Waals surface area (Å²) in [7, 11) is 2.03. The van der Waals surface area contributed by atoms with E-state index in [1.54, 1.807) is 0 Å². The van der Waals surface area contributed by atoms with Crippen LogP contribution in [0.2, 0.25) is 0 Å². The van der Waals surface area contributed by atoms with Gasteiger partial charge in [-0.05, 0) is 18.1 Å². The van der Waals surface area contributed by atoms with E-state index in [2.05, 4.69) is 47.9 Å². The highest BCUT2D eigenvalue weighted by Crippen LogP contribution is 2.06. The summed E-state index contributed by atoms with van der Waals surface area (Å²) in [5.41, 5.74) is 2.47. The first-order valence-corrected chi connectivity index (χ1v) is 5.91. The number of carbonyl (C=O) groups is 1. The SMILES string of the molecule is C=Cc1ccc(Cn2cc[n+](C)c2)cc1.CC(=O)[O-]. The van der Waals surface area contributed by atoms with Gasteiger partial charge >= 0.3 is 0 Å². The minimum absolute atomic E-state index is 0.915. The van der Waals surface area contributed by atoms with Crippen LogP contribution in [-0.4, -0.2) is 10.5 Å². The van der Waals surface area contributed by atoms with Gasteiger partial charge in [0.1, 0.15) is 18.9 Å². The molecule has 0 fully saturated rings. The average molecular weight is 258 g/mol. The van der Waals surface area contributed by atoms with E-state index in [1.165, 1.54) is 5.56 Å². The molecule has 0 saturated carbocycles. The van der Waals surface area contributed by atoms with Gasteiger partial charge in [0.15, 0.2) is 0 Å². The predicted octanol–water partition coefficient (Wildman–Crippen LogP) is 0.760. The number of imidazole rings is 1. The van der Waals surface area contributed by atoms with Crippen molar-refractivity contribution in [3.63, 3.8) is 0 Å². The third-order valence-electron chi connectivity index (χ3n) is 2.40. The molecule has 0 atom stereocenters. The predicted molar refractivity (Wildman–Crippen MR) is 71.9 cm³/mol. The molecular formula is C15H18N2O2. The van der Waals surface area contributed by atoms with Crippen LogP contribution in [0.3, 0.4) is 0 Å². The number of aromatic nitrogens is 2. The van der Waals surface area contributed by atoms with E-state index in [0.717, 1.165) is 19.0 Å². The molecule has 2 rings (SSSR count). The van der Waals surface area contributed by atoms with E-state index < -0.39 is 5.97 Å². The van der Waals surface area contributed by atoms with Gasteiger partial charge in [-0.3, -0.25) is 0 Å². The van der Waals surface area contributed by atoms with Gasteiger partial charge in [-0.1, -0.05) is 36.9 Å². The van der Waals surface area contributed by atoms with Crippen molar-refractivity contribution in [1.82, 2.24) is 4.57 Å². The standard InChI is InChI=1S/C13H15N2.C2H4O2/c1-3-12-4-6-13(7-5-12)10-15-9-8-14(2)11-15;1-2(3)4/h3-9,11H,1,10H2,2H3;1H3,(H,3,4)/q+1;/p-1. The Bertz CT molecular complexity index is 538. The zero-order valence-corrected chi connectivity index (χ0v) is 11.2. The quantitative estimate of drug-likeness (QED) is 0.763. The Morgan fingerprint density at radius 3 is 2.42 bits per heavy atom. The molecule has 0 aliphatic carbocycles. The summed E-state index contributed by atoms with van der Waals surface area (Å²) in [5, 5.41) is 8.89. The van der Waals surface area contributed by atoms with Crippen molar-refractivity contribution in [1.29, 1.82) is 0 Å². The number of carboxylic acids is 1. The Morgan fingerprint density at radius 1 is 1.42 bits per heavy atom. The van der Waals surface area contributed by atoms with Gasteiger partial charge in [-0.2, -0.15) is 0 Å². The third-order valence-corrected chi connectivity index (χ3v) is 2.40. The van der Waals surface area contributed by atoms with E-state index in [-0.39, 0.29) is 0 Å². The van der Waals surface area contributed by atoms with Gasteiger partial charge in [-0.15, -0.1) is 0 Å². The topological polar surface area (TPSA) is 48.9 Å². The van der Waals surface area contributed by atoms with Crippen molar-refractivity contribution < 1.29 is 14.5 Å². The molecule has 19 heavy (non-hydrogen) atoms. The molecule has 0 aliphatic heterocycles. The maximum atomic E-state index is 8.89. The van der Waals surface area contributed by atoms with Crippen LogP contribution in [0.25, 0.3) is 6.08 Å². The fourth-order valence-corrected chi connectivity index (χ4v) is 1.57. The van der Waals surface area contributed by atoms with Gasteiger partial charge < -0.3 is 9.90 Å². The number of rotatable bonds is 3. The van der Waals surface area contributed by atoms with Crippen LogP contribution in [0.5, 0.6) is 0 Å². The summed E-state index contributed by atoms with van der Waals surface area (Å²) in [6.07, 6.45) is 8.04. The molecular weight excluding hydrogens is 240 g/mol. The van der Waals surface area contributed by atoms with E-state index in [1.807, 2.05) is 23.9 Å². The largest absolute Gasteiger partial charge is 0.550 e. The molecule has 4 nitrogen and oxygen atoms in total. The zero-order chi connectivity index (χ0) is 14.3. The first kappa shape index (κ1) is 14.7. The summed E-state index contributed by atoms with van der Waals surface area (Å²) in [6.45, 7) is 5.63. The van der Waals surface area contributed by atoms with Crippen molar-refractivity contribution in [3.8, 4) is 0 Å². The number of hydrogen-bond acceptors (Lipinski definition) is 2. The van der Waals surface area contributed by atoms with E-state index in [9.17, 15) is 0 Å².